The monoisotopic (exact) mass is 384 g/mol. The molecule has 2 aromatic carbocycles. The number of alkyl halides is 1. The van der Waals surface area contributed by atoms with Gasteiger partial charge in [0.05, 0.1) is 11.4 Å². The number of hydrogen-bond acceptors (Lipinski definition) is 1. The van der Waals surface area contributed by atoms with E-state index < -0.39 is 0 Å². The summed E-state index contributed by atoms with van der Waals surface area (Å²) in [4.78, 5) is -0.0413. The molecule has 0 N–H and O–H groups in total. The van der Waals surface area contributed by atoms with Gasteiger partial charge < -0.3 is 4.74 Å². The average molecular weight is 386 g/mol. The van der Waals surface area contributed by atoms with Gasteiger partial charge in [-0.1, -0.05) is 65.1 Å². The lowest BCUT2D eigenvalue weighted by atomic mass is 9.85. The predicted octanol–water partition coefficient (Wildman–Crippen LogP) is 6.15. The van der Waals surface area contributed by atoms with Crippen LogP contribution in [0.2, 0.25) is 10.0 Å². The molecule has 1 heterocycles. The van der Waals surface area contributed by atoms with E-state index in [9.17, 15) is 0 Å². The van der Waals surface area contributed by atoms with Crippen molar-refractivity contribution in [2.45, 2.75) is 24.1 Å². The number of hydrogen-bond donors (Lipinski definition) is 0. The van der Waals surface area contributed by atoms with Crippen LogP contribution < -0.4 is 4.74 Å². The molecule has 0 saturated heterocycles. The lowest BCUT2D eigenvalue weighted by molar-refractivity contribution is 0.291. The number of rotatable bonds is 2. The van der Waals surface area contributed by atoms with E-state index in [0.717, 1.165) is 16.9 Å². The van der Waals surface area contributed by atoms with Crippen LogP contribution in [0.3, 0.4) is 0 Å². The summed E-state index contributed by atoms with van der Waals surface area (Å²) in [5, 5.41) is 1.33. The summed E-state index contributed by atoms with van der Waals surface area (Å²) in [5.74, 6) is 0.966. The zero-order chi connectivity index (χ0) is 15.2. The van der Waals surface area contributed by atoms with E-state index in [2.05, 4.69) is 41.9 Å². The molecule has 0 fully saturated rings. The maximum absolute atomic E-state index is 6.31. The third-order valence-electron chi connectivity index (χ3n) is 3.87. The van der Waals surface area contributed by atoms with E-state index >= 15 is 0 Å². The third-order valence-corrected chi connectivity index (χ3v) is 5.51. The minimum Gasteiger partial charge on any atom is -0.492 e. The second-order valence-corrected chi connectivity index (χ2v) is 7.66. The molecule has 1 atom stereocenters. The standard InChI is InChI=1S/C17H15BrCl2O/c1-17(2)9-21-14-7-6-10(8-11(14)17)16(18)15-12(19)4-3-5-13(15)20/h3-8,16H,9H2,1-2H3. The van der Waals surface area contributed by atoms with Gasteiger partial charge in [-0.25, -0.2) is 0 Å². The Morgan fingerprint density at radius 3 is 2.48 bits per heavy atom. The second-order valence-electron chi connectivity index (χ2n) is 5.93. The Morgan fingerprint density at radius 2 is 1.81 bits per heavy atom. The van der Waals surface area contributed by atoms with Crippen molar-refractivity contribution in [3.63, 3.8) is 0 Å². The van der Waals surface area contributed by atoms with E-state index in [0.29, 0.717) is 16.7 Å². The first-order chi connectivity index (χ1) is 9.90. The van der Waals surface area contributed by atoms with E-state index in [1.807, 2.05) is 24.3 Å². The highest BCUT2D eigenvalue weighted by Gasteiger charge is 2.32. The molecule has 110 valence electrons. The van der Waals surface area contributed by atoms with E-state index in [-0.39, 0.29) is 10.2 Å². The smallest absolute Gasteiger partial charge is 0.123 e. The van der Waals surface area contributed by atoms with Gasteiger partial charge in [-0.15, -0.1) is 0 Å². The minimum atomic E-state index is -0.0413. The number of ether oxygens (including phenoxy) is 1. The van der Waals surface area contributed by atoms with Crippen LogP contribution in [-0.2, 0) is 5.41 Å². The van der Waals surface area contributed by atoms with Gasteiger partial charge in [-0.05, 0) is 29.8 Å². The summed E-state index contributed by atoms with van der Waals surface area (Å²) < 4.78 is 5.73. The molecule has 0 aromatic heterocycles. The van der Waals surface area contributed by atoms with Gasteiger partial charge in [0.15, 0.2) is 0 Å². The largest absolute Gasteiger partial charge is 0.492 e. The summed E-state index contributed by atoms with van der Waals surface area (Å²) in [6, 6.07) is 11.8. The van der Waals surface area contributed by atoms with Gasteiger partial charge in [-0.3, -0.25) is 0 Å². The van der Waals surface area contributed by atoms with Gasteiger partial charge in [0.25, 0.3) is 0 Å². The van der Waals surface area contributed by atoms with Crippen LogP contribution in [0.15, 0.2) is 36.4 Å². The molecule has 0 aliphatic carbocycles. The van der Waals surface area contributed by atoms with Gasteiger partial charge in [0.1, 0.15) is 5.75 Å². The molecule has 0 amide bonds. The molecular weight excluding hydrogens is 371 g/mol. The summed E-state index contributed by atoms with van der Waals surface area (Å²) in [6.45, 7) is 5.09. The van der Waals surface area contributed by atoms with Crippen molar-refractivity contribution in [2.24, 2.45) is 0 Å². The van der Waals surface area contributed by atoms with Crippen molar-refractivity contribution in [2.75, 3.05) is 6.61 Å². The summed E-state index contributed by atoms with van der Waals surface area (Å²) >= 11 is 16.3. The minimum absolute atomic E-state index is 0.0301. The van der Waals surface area contributed by atoms with Crippen LogP contribution in [0.25, 0.3) is 0 Å². The molecule has 2 aromatic rings. The van der Waals surface area contributed by atoms with Crippen LogP contribution in [0.5, 0.6) is 5.75 Å². The highest BCUT2D eigenvalue weighted by Crippen LogP contribution is 2.44. The molecular formula is C17H15BrCl2O. The Balaban J connectivity index is 2.06. The fraction of sp³-hybridized carbons (Fsp3) is 0.294. The molecule has 1 nitrogen and oxygen atoms in total. The second kappa shape index (κ2) is 5.49. The lowest BCUT2D eigenvalue weighted by Gasteiger charge is -2.19. The fourth-order valence-corrected chi connectivity index (χ4v) is 4.27. The first-order valence-corrected chi connectivity index (χ1v) is 8.42. The SMILES string of the molecule is CC1(C)COc2ccc(C(Br)c3c(Cl)cccc3Cl)cc21. The molecule has 0 saturated carbocycles. The van der Waals surface area contributed by atoms with Crippen molar-refractivity contribution in [1.82, 2.24) is 0 Å². The van der Waals surface area contributed by atoms with Gasteiger partial charge in [-0.2, -0.15) is 0 Å². The van der Waals surface area contributed by atoms with Crippen molar-refractivity contribution in [3.05, 3.63) is 63.1 Å². The molecule has 3 rings (SSSR count). The van der Waals surface area contributed by atoms with Gasteiger partial charge in [0.2, 0.25) is 0 Å². The van der Waals surface area contributed by atoms with Gasteiger partial charge >= 0.3 is 0 Å². The van der Waals surface area contributed by atoms with E-state index in [4.69, 9.17) is 27.9 Å². The molecule has 1 aliphatic rings. The molecule has 4 heteroatoms. The van der Waals surface area contributed by atoms with E-state index in [1.54, 1.807) is 0 Å². The molecule has 0 radical (unpaired) electrons. The molecule has 1 aliphatic heterocycles. The Hall–Kier alpha value is -0.700. The highest BCUT2D eigenvalue weighted by molar-refractivity contribution is 9.09. The number of benzene rings is 2. The molecule has 0 bridgehead atoms. The summed E-state index contributed by atoms with van der Waals surface area (Å²) in [7, 11) is 0. The average Bonchev–Trinajstić information content (AvgIpc) is 2.74. The van der Waals surface area contributed by atoms with Crippen molar-refractivity contribution >= 4 is 39.1 Å². The molecule has 21 heavy (non-hydrogen) atoms. The van der Waals surface area contributed by atoms with Crippen LogP contribution in [0, 0.1) is 0 Å². The topological polar surface area (TPSA) is 9.23 Å². The first-order valence-electron chi connectivity index (χ1n) is 6.75. The zero-order valence-electron chi connectivity index (χ0n) is 11.8. The Bertz CT molecular complexity index is 677. The Morgan fingerprint density at radius 1 is 1.14 bits per heavy atom. The predicted molar refractivity (Wildman–Crippen MR) is 92.2 cm³/mol. The first kappa shape index (κ1) is 15.2. The maximum Gasteiger partial charge on any atom is 0.123 e. The van der Waals surface area contributed by atoms with Crippen molar-refractivity contribution in [3.8, 4) is 5.75 Å². The van der Waals surface area contributed by atoms with Gasteiger partial charge in [0, 0.05) is 26.6 Å². The fourth-order valence-electron chi connectivity index (χ4n) is 2.62. The summed E-state index contributed by atoms with van der Waals surface area (Å²) in [5.41, 5.74) is 3.29. The third kappa shape index (κ3) is 2.69. The molecule has 1 unspecified atom stereocenters. The lowest BCUT2D eigenvalue weighted by Crippen LogP contribution is -2.18. The van der Waals surface area contributed by atoms with Crippen LogP contribution >= 0.6 is 39.1 Å². The van der Waals surface area contributed by atoms with E-state index in [1.165, 1.54) is 5.56 Å². The number of fused-ring (bicyclic) bond motifs is 1. The normalized spacial score (nSPS) is 17.2. The Labute approximate surface area is 143 Å². The molecule has 0 spiro atoms. The van der Waals surface area contributed by atoms with Crippen LogP contribution in [0.4, 0.5) is 0 Å². The van der Waals surface area contributed by atoms with Crippen LogP contribution in [-0.4, -0.2) is 6.61 Å². The maximum atomic E-state index is 6.31. The highest BCUT2D eigenvalue weighted by atomic mass is 79.9. The van der Waals surface area contributed by atoms with Crippen molar-refractivity contribution < 1.29 is 4.74 Å². The Kier molecular flexibility index (Phi) is 3.98. The van der Waals surface area contributed by atoms with Crippen molar-refractivity contribution in [1.29, 1.82) is 0 Å². The quantitative estimate of drug-likeness (QED) is 0.563. The summed E-state index contributed by atoms with van der Waals surface area (Å²) in [6.07, 6.45) is 0. The number of halogens is 3. The zero-order valence-corrected chi connectivity index (χ0v) is 14.9. The van der Waals surface area contributed by atoms with Crippen LogP contribution in [0.1, 0.15) is 35.4 Å².